The Morgan fingerprint density at radius 1 is 1.27 bits per heavy atom. The third-order valence-corrected chi connectivity index (χ3v) is 5.19. The van der Waals surface area contributed by atoms with Crippen molar-refractivity contribution in [2.75, 3.05) is 0 Å². The van der Waals surface area contributed by atoms with Crippen LogP contribution in [0.1, 0.15) is 40.7 Å². The van der Waals surface area contributed by atoms with Crippen LogP contribution >= 0.6 is 11.8 Å². The van der Waals surface area contributed by atoms with E-state index < -0.39 is 0 Å². The third-order valence-electron chi connectivity index (χ3n) is 4.08. The normalized spacial score (nSPS) is 13.5. The Balaban J connectivity index is 1.93. The topological polar surface area (TPSA) is 56.6 Å². The first-order valence-electron chi connectivity index (χ1n) is 7.55. The minimum absolute atomic E-state index is 0.241. The zero-order valence-corrected chi connectivity index (χ0v) is 13.4. The number of thioether (sulfide) groups is 1. The van der Waals surface area contributed by atoms with Gasteiger partial charge in [0.25, 0.3) is 5.56 Å². The molecule has 112 valence electrons. The molecule has 1 aliphatic rings. The Morgan fingerprint density at radius 2 is 2.05 bits per heavy atom. The van der Waals surface area contributed by atoms with Crippen molar-refractivity contribution in [1.29, 1.82) is 5.26 Å². The molecule has 4 heteroatoms. The van der Waals surface area contributed by atoms with Crippen molar-refractivity contribution in [2.24, 2.45) is 0 Å². The van der Waals surface area contributed by atoms with Gasteiger partial charge in [0.15, 0.2) is 0 Å². The lowest BCUT2D eigenvalue weighted by atomic mass is 9.90. The van der Waals surface area contributed by atoms with Crippen LogP contribution in [0.25, 0.3) is 0 Å². The summed E-state index contributed by atoms with van der Waals surface area (Å²) in [6.45, 7) is 2.08. The number of H-pyrrole nitrogens is 1. The highest BCUT2D eigenvalue weighted by Gasteiger charge is 2.20. The van der Waals surface area contributed by atoms with Crippen LogP contribution in [0.4, 0.5) is 0 Å². The monoisotopic (exact) mass is 310 g/mol. The Bertz CT molecular complexity index is 802. The molecule has 0 amide bonds. The molecule has 0 aliphatic heterocycles. The van der Waals surface area contributed by atoms with E-state index in [0.29, 0.717) is 5.56 Å². The number of rotatable bonds is 3. The van der Waals surface area contributed by atoms with Crippen LogP contribution in [0.3, 0.4) is 0 Å². The summed E-state index contributed by atoms with van der Waals surface area (Å²) in [5.74, 6) is 0.829. The maximum Gasteiger partial charge on any atom is 0.267 e. The van der Waals surface area contributed by atoms with Gasteiger partial charge in [0.1, 0.15) is 11.6 Å². The first kappa shape index (κ1) is 14.9. The largest absolute Gasteiger partial charge is 0.316 e. The van der Waals surface area contributed by atoms with E-state index in [1.165, 1.54) is 16.7 Å². The molecule has 1 aromatic carbocycles. The van der Waals surface area contributed by atoms with Crippen LogP contribution in [0.15, 0.2) is 34.1 Å². The molecule has 22 heavy (non-hydrogen) atoms. The number of nitrogens with zero attached hydrogens (tertiary/aromatic N) is 1. The van der Waals surface area contributed by atoms with Crippen molar-refractivity contribution in [2.45, 2.75) is 43.4 Å². The van der Waals surface area contributed by atoms with Crippen LogP contribution in [-0.4, -0.2) is 4.98 Å². The fourth-order valence-electron chi connectivity index (χ4n) is 3.01. The molecular formula is C18H18N2OS. The molecule has 0 bridgehead atoms. The van der Waals surface area contributed by atoms with Crippen LogP contribution < -0.4 is 5.56 Å². The third kappa shape index (κ3) is 2.95. The van der Waals surface area contributed by atoms with Crippen LogP contribution in [0.5, 0.6) is 0 Å². The number of benzene rings is 1. The van der Waals surface area contributed by atoms with E-state index in [9.17, 15) is 10.1 Å². The highest BCUT2D eigenvalue weighted by Crippen LogP contribution is 2.31. The summed E-state index contributed by atoms with van der Waals surface area (Å²) in [4.78, 5) is 15.0. The summed E-state index contributed by atoms with van der Waals surface area (Å²) < 4.78 is 0. The van der Waals surface area contributed by atoms with Gasteiger partial charge in [-0.3, -0.25) is 4.79 Å². The van der Waals surface area contributed by atoms with E-state index in [1.54, 1.807) is 11.8 Å². The Morgan fingerprint density at radius 3 is 2.77 bits per heavy atom. The lowest BCUT2D eigenvalue weighted by Gasteiger charge is -2.19. The number of aromatic amines is 1. The predicted octanol–water partition coefficient (Wildman–Crippen LogP) is 3.73. The molecule has 1 aromatic heterocycles. The molecule has 0 saturated carbocycles. The van der Waals surface area contributed by atoms with Gasteiger partial charge in [0, 0.05) is 5.75 Å². The number of nitriles is 1. The Hall–Kier alpha value is -1.99. The van der Waals surface area contributed by atoms with Gasteiger partial charge in [-0.05, 0) is 49.3 Å². The minimum atomic E-state index is -0.241. The SMILES string of the molecule is Cc1cccc(CSc2[nH]c(=O)c(C#N)c3c2CCCC3)c1. The molecule has 0 atom stereocenters. The number of nitrogens with one attached hydrogen (secondary N) is 1. The van der Waals surface area contributed by atoms with E-state index in [4.69, 9.17) is 0 Å². The average molecular weight is 310 g/mol. The van der Waals surface area contributed by atoms with Gasteiger partial charge >= 0.3 is 0 Å². The molecule has 3 rings (SSSR count). The Labute approximate surface area is 134 Å². The fourth-order valence-corrected chi connectivity index (χ4v) is 4.06. The van der Waals surface area contributed by atoms with Gasteiger partial charge in [-0.25, -0.2) is 0 Å². The molecular weight excluding hydrogens is 292 g/mol. The van der Waals surface area contributed by atoms with E-state index in [2.05, 4.69) is 42.2 Å². The van der Waals surface area contributed by atoms with Crippen molar-refractivity contribution in [3.63, 3.8) is 0 Å². The summed E-state index contributed by atoms with van der Waals surface area (Å²) in [7, 11) is 0. The second kappa shape index (κ2) is 6.41. The zero-order valence-electron chi connectivity index (χ0n) is 12.6. The molecule has 1 N–H and O–H groups in total. The van der Waals surface area contributed by atoms with Gasteiger partial charge in [0.05, 0.1) is 5.03 Å². The predicted molar refractivity (Wildman–Crippen MR) is 89.2 cm³/mol. The molecule has 1 aliphatic carbocycles. The van der Waals surface area contributed by atoms with E-state index in [-0.39, 0.29) is 5.56 Å². The standard InChI is InChI=1S/C18H18N2OS/c1-12-5-4-6-13(9-12)11-22-18-15-8-3-2-7-14(15)16(10-19)17(21)20-18/h4-6,9H,2-3,7-8,11H2,1H3,(H,20,21). The fraction of sp³-hybridized carbons (Fsp3) is 0.333. The number of pyridine rings is 1. The number of aromatic nitrogens is 1. The van der Waals surface area contributed by atoms with Gasteiger partial charge in [-0.1, -0.05) is 29.8 Å². The minimum Gasteiger partial charge on any atom is -0.316 e. The highest BCUT2D eigenvalue weighted by molar-refractivity contribution is 7.98. The summed E-state index contributed by atoms with van der Waals surface area (Å²) in [6.07, 6.45) is 3.99. The quantitative estimate of drug-likeness (QED) is 0.879. The molecule has 3 nitrogen and oxygen atoms in total. The second-order valence-electron chi connectivity index (χ2n) is 5.71. The van der Waals surface area contributed by atoms with Gasteiger partial charge in [-0.2, -0.15) is 5.26 Å². The summed E-state index contributed by atoms with van der Waals surface area (Å²) in [5, 5.41) is 10.2. The van der Waals surface area contributed by atoms with Gasteiger partial charge in [0.2, 0.25) is 0 Å². The van der Waals surface area contributed by atoms with Crippen LogP contribution in [0, 0.1) is 18.3 Å². The number of hydrogen-bond donors (Lipinski definition) is 1. The molecule has 0 fully saturated rings. The average Bonchev–Trinajstić information content (AvgIpc) is 2.53. The molecule has 0 spiro atoms. The van der Waals surface area contributed by atoms with Crippen molar-refractivity contribution < 1.29 is 0 Å². The number of aryl methyl sites for hydroxylation is 1. The highest BCUT2D eigenvalue weighted by atomic mass is 32.2. The lowest BCUT2D eigenvalue weighted by Crippen LogP contribution is -2.20. The molecule has 1 heterocycles. The smallest absolute Gasteiger partial charge is 0.267 e. The van der Waals surface area contributed by atoms with E-state index >= 15 is 0 Å². The van der Waals surface area contributed by atoms with Gasteiger partial charge in [-0.15, -0.1) is 11.8 Å². The number of fused-ring (bicyclic) bond motifs is 1. The van der Waals surface area contributed by atoms with Crippen LogP contribution in [0.2, 0.25) is 0 Å². The maximum atomic E-state index is 12.1. The van der Waals surface area contributed by atoms with Crippen molar-refractivity contribution in [3.8, 4) is 6.07 Å². The lowest BCUT2D eigenvalue weighted by molar-refractivity contribution is 0.663. The maximum absolute atomic E-state index is 12.1. The van der Waals surface area contributed by atoms with Crippen LogP contribution in [-0.2, 0) is 18.6 Å². The van der Waals surface area contributed by atoms with E-state index in [1.807, 2.05) is 0 Å². The first-order valence-corrected chi connectivity index (χ1v) is 8.54. The van der Waals surface area contributed by atoms with Crippen molar-refractivity contribution >= 4 is 11.8 Å². The Kier molecular flexibility index (Phi) is 4.35. The molecule has 0 radical (unpaired) electrons. The molecule has 2 aromatic rings. The zero-order chi connectivity index (χ0) is 15.5. The summed E-state index contributed by atoms with van der Waals surface area (Å²) in [6, 6.07) is 10.5. The first-order chi connectivity index (χ1) is 10.7. The molecule has 0 unspecified atom stereocenters. The summed E-state index contributed by atoms with van der Waals surface area (Å²) in [5.41, 5.74) is 4.72. The van der Waals surface area contributed by atoms with E-state index in [0.717, 1.165) is 42.0 Å². The van der Waals surface area contributed by atoms with Crippen molar-refractivity contribution in [3.05, 3.63) is 62.4 Å². The van der Waals surface area contributed by atoms with Gasteiger partial charge < -0.3 is 4.98 Å². The second-order valence-corrected chi connectivity index (χ2v) is 6.70. The number of hydrogen-bond acceptors (Lipinski definition) is 3. The van der Waals surface area contributed by atoms with Crippen molar-refractivity contribution in [1.82, 2.24) is 4.98 Å². The summed E-state index contributed by atoms with van der Waals surface area (Å²) >= 11 is 1.67. The molecule has 0 saturated heterocycles.